The number of aromatic amines is 1. The molecule has 0 spiro atoms. The fourth-order valence-electron chi connectivity index (χ4n) is 4.13. The molecule has 33 heavy (non-hydrogen) atoms. The van der Waals surface area contributed by atoms with E-state index in [-0.39, 0.29) is 28.9 Å². The van der Waals surface area contributed by atoms with Gasteiger partial charge in [-0.2, -0.15) is 18.3 Å². The molecule has 10 heteroatoms. The monoisotopic (exact) mass is 451 g/mol. The van der Waals surface area contributed by atoms with Crippen molar-refractivity contribution >= 4 is 28.1 Å². The average Bonchev–Trinajstić information content (AvgIpc) is 3.04. The number of para-hydroxylation sites is 1. The summed E-state index contributed by atoms with van der Waals surface area (Å²) in [6, 6.07) is 14.1. The van der Waals surface area contributed by atoms with E-state index in [0.29, 0.717) is 22.0 Å². The Labute approximate surface area is 184 Å². The lowest BCUT2D eigenvalue weighted by atomic mass is 9.92. The summed E-state index contributed by atoms with van der Waals surface area (Å²) < 4.78 is 41.7. The molecule has 0 radical (unpaired) electrons. The van der Waals surface area contributed by atoms with Crippen LogP contribution in [0.3, 0.4) is 0 Å². The molecule has 0 aliphatic carbocycles. The van der Waals surface area contributed by atoms with Crippen LogP contribution in [0.1, 0.15) is 16.8 Å². The summed E-state index contributed by atoms with van der Waals surface area (Å²) >= 11 is 0. The third-order valence-corrected chi connectivity index (χ3v) is 5.74. The molecule has 1 atom stereocenters. The summed E-state index contributed by atoms with van der Waals surface area (Å²) in [5.74, 6) is -1.30. The molecule has 5 rings (SSSR count). The van der Waals surface area contributed by atoms with Crippen molar-refractivity contribution in [3.8, 4) is 0 Å². The highest BCUT2D eigenvalue weighted by molar-refractivity contribution is 6.13. The first-order valence-electron chi connectivity index (χ1n) is 9.91. The second kappa shape index (κ2) is 7.24. The van der Waals surface area contributed by atoms with Crippen LogP contribution in [0.2, 0.25) is 0 Å². The van der Waals surface area contributed by atoms with Crippen molar-refractivity contribution in [3.63, 3.8) is 0 Å². The van der Waals surface area contributed by atoms with Crippen LogP contribution in [0.15, 0.2) is 71.8 Å². The number of amides is 1. The predicted octanol–water partition coefficient (Wildman–Crippen LogP) is 3.30. The largest absolute Gasteiger partial charge is 0.419 e. The zero-order valence-corrected chi connectivity index (χ0v) is 16.9. The van der Waals surface area contributed by atoms with E-state index in [0.717, 1.165) is 4.90 Å². The maximum atomic E-state index is 13.9. The fourth-order valence-corrected chi connectivity index (χ4v) is 4.13. The quantitative estimate of drug-likeness (QED) is 0.497. The first-order valence-corrected chi connectivity index (χ1v) is 9.91. The lowest BCUT2D eigenvalue weighted by Crippen LogP contribution is -2.56. The third kappa shape index (κ3) is 3.10. The molecule has 7 nitrogen and oxygen atoms in total. The second-order valence-corrected chi connectivity index (χ2v) is 7.74. The van der Waals surface area contributed by atoms with Gasteiger partial charge in [0.2, 0.25) is 5.54 Å². The Hall–Kier alpha value is -4.05. The molecule has 1 aliphatic rings. The Morgan fingerprint density at radius 3 is 2.45 bits per heavy atom. The van der Waals surface area contributed by atoms with Crippen LogP contribution in [0.5, 0.6) is 0 Å². The highest BCUT2D eigenvalue weighted by atomic mass is 19.4. The number of nitrogens with zero attached hydrogens (tertiary/aromatic N) is 3. The number of hydrogen-bond acceptors (Lipinski definition) is 5. The second-order valence-electron chi connectivity index (χ2n) is 7.74. The van der Waals surface area contributed by atoms with Crippen LogP contribution >= 0.6 is 0 Å². The first-order chi connectivity index (χ1) is 15.7. The van der Waals surface area contributed by atoms with Crippen molar-refractivity contribution < 1.29 is 18.0 Å². The van der Waals surface area contributed by atoms with Crippen molar-refractivity contribution in [2.45, 2.75) is 18.1 Å². The van der Waals surface area contributed by atoms with Crippen molar-refractivity contribution in [3.05, 3.63) is 94.2 Å². The number of rotatable bonds is 3. The van der Waals surface area contributed by atoms with Crippen molar-refractivity contribution in [2.75, 3.05) is 4.90 Å². The summed E-state index contributed by atoms with van der Waals surface area (Å²) in [6.45, 7) is 0. The van der Waals surface area contributed by atoms with Gasteiger partial charge >= 0.3 is 6.18 Å². The Bertz CT molecular complexity index is 1470. The van der Waals surface area contributed by atoms with E-state index in [1.807, 2.05) is 0 Å². The van der Waals surface area contributed by atoms with Crippen molar-refractivity contribution in [1.29, 1.82) is 0 Å². The summed E-state index contributed by atoms with van der Waals surface area (Å²) in [6.07, 6.45) is -1.93. The van der Waals surface area contributed by atoms with Crippen LogP contribution in [-0.2, 0) is 16.8 Å². The number of H-pyrrole nitrogens is 1. The van der Waals surface area contributed by atoms with E-state index in [9.17, 15) is 22.8 Å². The number of benzene rings is 2. The molecule has 0 fully saturated rings. The lowest BCUT2D eigenvalue weighted by molar-refractivity contribution is -0.190. The molecule has 0 saturated heterocycles. The van der Waals surface area contributed by atoms with Gasteiger partial charge in [-0.3, -0.25) is 19.5 Å². The fraction of sp³-hybridized carbons (Fsp3) is 0.130. The Balaban J connectivity index is 1.58. The first kappa shape index (κ1) is 20.8. The maximum Gasteiger partial charge on any atom is 0.419 e. The summed E-state index contributed by atoms with van der Waals surface area (Å²) in [5.41, 5.74) is 3.22. The SMILES string of the molecule is NC1(C(F)(F)F)C(=O)N(c2cncc(Cc3n[nH]c(=O)c4ccccc34)c2)c2ccccc21. The molecule has 3 N–H and O–H groups in total. The number of fused-ring (bicyclic) bond motifs is 2. The van der Waals surface area contributed by atoms with Crippen LogP contribution < -0.4 is 16.2 Å². The topological polar surface area (TPSA) is 105 Å². The number of nitrogens with one attached hydrogen (secondary N) is 1. The number of alkyl halides is 3. The third-order valence-electron chi connectivity index (χ3n) is 5.74. The van der Waals surface area contributed by atoms with Gasteiger partial charge < -0.3 is 5.73 Å². The number of aromatic nitrogens is 3. The molecule has 2 aromatic carbocycles. The predicted molar refractivity (Wildman–Crippen MR) is 115 cm³/mol. The molecule has 1 unspecified atom stereocenters. The molecular formula is C23H16F3N5O2. The van der Waals surface area contributed by atoms with Gasteiger partial charge in [-0.15, -0.1) is 0 Å². The number of nitrogens with two attached hydrogens (primary N) is 1. The summed E-state index contributed by atoms with van der Waals surface area (Å²) in [7, 11) is 0. The van der Waals surface area contributed by atoms with Gasteiger partial charge in [-0.25, -0.2) is 5.10 Å². The van der Waals surface area contributed by atoms with E-state index in [1.165, 1.54) is 36.7 Å². The van der Waals surface area contributed by atoms with Crippen LogP contribution in [-0.4, -0.2) is 27.3 Å². The van der Waals surface area contributed by atoms with E-state index in [4.69, 9.17) is 5.73 Å². The van der Waals surface area contributed by atoms with Crippen LogP contribution in [0.4, 0.5) is 24.5 Å². The van der Waals surface area contributed by atoms with Gasteiger partial charge in [0.05, 0.1) is 28.7 Å². The Kier molecular flexibility index (Phi) is 4.57. The van der Waals surface area contributed by atoms with Crippen LogP contribution in [0, 0.1) is 0 Å². The summed E-state index contributed by atoms with van der Waals surface area (Å²) in [4.78, 5) is 30.1. The van der Waals surface area contributed by atoms with Crippen molar-refractivity contribution in [2.24, 2.45) is 5.73 Å². The van der Waals surface area contributed by atoms with Gasteiger partial charge in [0.1, 0.15) is 0 Å². The minimum absolute atomic E-state index is 0.0499. The van der Waals surface area contributed by atoms with Crippen LogP contribution in [0.25, 0.3) is 10.8 Å². The van der Waals surface area contributed by atoms with Gasteiger partial charge in [0, 0.05) is 23.6 Å². The number of hydrogen-bond donors (Lipinski definition) is 2. The Morgan fingerprint density at radius 1 is 1.00 bits per heavy atom. The number of carbonyl (C=O) groups excluding carboxylic acids is 1. The number of halogens is 3. The molecule has 1 aliphatic heterocycles. The van der Waals surface area contributed by atoms with E-state index in [2.05, 4.69) is 15.2 Å². The van der Waals surface area contributed by atoms with Gasteiger partial charge in [-0.1, -0.05) is 36.4 Å². The van der Waals surface area contributed by atoms with E-state index in [1.54, 1.807) is 30.3 Å². The molecule has 4 aromatic rings. The number of pyridine rings is 1. The average molecular weight is 451 g/mol. The number of carbonyl (C=O) groups is 1. The normalized spacial score (nSPS) is 18.1. The van der Waals surface area contributed by atoms with Gasteiger partial charge in [-0.05, 0) is 23.8 Å². The zero-order valence-electron chi connectivity index (χ0n) is 16.9. The standard InChI is InChI=1S/C23H16F3N5O2/c24-23(25,26)22(27)17-7-3-4-8-19(17)31(21(22)33)14-9-13(11-28-12-14)10-18-15-5-1-2-6-16(15)20(32)30-29-18/h1-9,11-12H,10,27H2,(H,30,32). The molecule has 0 saturated carbocycles. The lowest BCUT2D eigenvalue weighted by Gasteiger charge is -2.26. The molecule has 1 amide bonds. The van der Waals surface area contributed by atoms with Gasteiger partial charge in [0.15, 0.2) is 0 Å². The molecule has 166 valence electrons. The maximum absolute atomic E-state index is 13.9. The molecule has 2 aromatic heterocycles. The van der Waals surface area contributed by atoms with E-state index >= 15 is 0 Å². The van der Waals surface area contributed by atoms with E-state index < -0.39 is 17.6 Å². The minimum atomic E-state index is -4.99. The zero-order chi connectivity index (χ0) is 23.4. The highest BCUT2D eigenvalue weighted by Crippen LogP contribution is 2.50. The summed E-state index contributed by atoms with van der Waals surface area (Å²) in [5, 5.41) is 7.68. The number of anilines is 2. The Morgan fingerprint density at radius 2 is 1.70 bits per heavy atom. The smallest absolute Gasteiger partial charge is 0.306 e. The highest BCUT2D eigenvalue weighted by Gasteiger charge is 2.65. The molecule has 3 heterocycles. The van der Waals surface area contributed by atoms with Crippen molar-refractivity contribution in [1.82, 2.24) is 15.2 Å². The van der Waals surface area contributed by atoms with Gasteiger partial charge in [0.25, 0.3) is 11.5 Å². The minimum Gasteiger partial charge on any atom is -0.306 e. The molecule has 0 bridgehead atoms. The molecular weight excluding hydrogens is 435 g/mol.